The van der Waals surface area contributed by atoms with Crippen LogP contribution in [0.4, 0.5) is 0 Å². The first-order chi connectivity index (χ1) is 35.0. The van der Waals surface area contributed by atoms with E-state index in [1.54, 1.807) is 0 Å². The molecule has 0 bridgehead atoms. The third-order valence-electron chi connectivity index (χ3n) is 12.9. The van der Waals surface area contributed by atoms with Gasteiger partial charge in [0.25, 0.3) is 0 Å². The summed E-state index contributed by atoms with van der Waals surface area (Å²) in [5, 5.41) is 0. The molecule has 0 saturated heterocycles. The first kappa shape index (κ1) is 67.6. The summed E-state index contributed by atoms with van der Waals surface area (Å²) in [6, 6.07) is 0. The summed E-state index contributed by atoms with van der Waals surface area (Å²) in [6.07, 6.45) is 77.6. The van der Waals surface area contributed by atoms with Crippen molar-refractivity contribution >= 4 is 17.9 Å². The Balaban J connectivity index is 4.04. The Hall–Kier alpha value is -3.41. The molecule has 0 aromatic carbocycles. The molecule has 0 saturated carbocycles. The number of carbonyl (C=O) groups is 3. The molecule has 71 heavy (non-hydrogen) atoms. The van der Waals surface area contributed by atoms with E-state index in [1.165, 1.54) is 135 Å². The number of esters is 3. The summed E-state index contributed by atoms with van der Waals surface area (Å²) in [7, 11) is 0. The fraction of sp³-hybridized carbons (Fsp3) is 0.738. The smallest absolute Gasteiger partial charge is 0.306 e. The molecule has 0 fully saturated rings. The Kier molecular flexibility index (Phi) is 56.3. The maximum Gasteiger partial charge on any atom is 0.306 e. The summed E-state index contributed by atoms with van der Waals surface area (Å²) >= 11 is 0. The highest BCUT2D eigenvalue weighted by Gasteiger charge is 2.19. The van der Waals surface area contributed by atoms with Crippen LogP contribution in [0.2, 0.25) is 0 Å². The zero-order valence-electron chi connectivity index (χ0n) is 46.7. The molecule has 1 atom stereocenters. The van der Waals surface area contributed by atoms with E-state index in [4.69, 9.17) is 14.2 Å². The summed E-state index contributed by atoms with van der Waals surface area (Å²) in [6.45, 7) is 6.45. The van der Waals surface area contributed by atoms with Gasteiger partial charge in [-0.05, 0) is 96.3 Å². The molecule has 6 nitrogen and oxygen atoms in total. The quantitative estimate of drug-likeness (QED) is 0.0261. The standard InChI is InChI=1S/C65H112O6/c1-4-7-10-13-16-18-20-22-24-26-27-28-29-30-31-32-33-34-35-36-37-38-39-40-42-43-45-47-49-52-55-58-64(67)70-61-62(60-69-63(66)57-54-51-15-12-9-6-3)71-65(68)59-56-53-50-48-46-44-41-25-23-21-19-17-14-11-8-5-2/h7,10,16,18-19,21-22,24-25,27-28,30-31,41,62H,4-6,8-9,11-15,17,20,23,26,29,32-40,42-61H2,1-3H3/b10-7-,18-16-,21-19-,24-22-,28-27-,31-30-,41-25-. The molecule has 0 N–H and O–H groups in total. The van der Waals surface area contributed by atoms with E-state index in [9.17, 15) is 14.4 Å². The van der Waals surface area contributed by atoms with Gasteiger partial charge in [0.15, 0.2) is 6.10 Å². The van der Waals surface area contributed by atoms with Gasteiger partial charge >= 0.3 is 17.9 Å². The Bertz CT molecular complexity index is 1370. The SMILES string of the molecule is CC/C=C\C/C=C\C/C=C\C/C=C\C/C=C\CCCCCCCCCCCCCCCCCC(=O)OCC(COC(=O)CCCCCCCC)OC(=O)CCCCCCC/C=C\C/C=C\CCCCCC. The number of ether oxygens (including phenoxy) is 3. The molecule has 0 amide bonds. The van der Waals surface area contributed by atoms with E-state index in [1.807, 2.05) is 0 Å². The van der Waals surface area contributed by atoms with Crippen molar-refractivity contribution in [3.05, 3.63) is 85.1 Å². The van der Waals surface area contributed by atoms with Crippen molar-refractivity contribution in [1.29, 1.82) is 0 Å². The lowest BCUT2D eigenvalue weighted by Crippen LogP contribution is -2.30. The fourth-order valence-electron chi connectivity index (χ4n) is 8.38. The Morgan fingerprint density at radius 3 is 0.873 bits per heavy atom. The zero-order valence-corrected chi connectivity index (χ0v) is 46.7. The first-order valence-corrected chi connectivity index (χ1v) is 30.1. The van der Waals surface area contributed by atoms with E-state index >= 15 is 0 Å². The lowest BCUT2D eigenvalue weighted by atomic mass is 10.0. The van der Waals surface area contributed by atoms with Crippen molar-refractivity contribution in [2.75, 3.05) is 13.2 Å². The molecule has 0 aromatic rings. The maximum atomic E-state index is 12.8. The molecular formula is C65H112O6. The number of hydrogen-bond acceptors (Lipinski definition) is 6. The summed E-state index contributed by atoms with van der Waals surface area (Å²) in [5.74, 6) is -0.896. The van der Waals surface area contributed by atoms with Crippen molar-refractivity contribution in [3.63, 3.8) is 0 Å². The van der Waals surface area contributed by atoms with E-state index in [0.717, 1.165) is 116 Å². The minimum atomic E-state index is -0.779. The minimum Gasteiger partial charge on any atom is -0.462 e. The van der Waals surface area contributed by atoms with Gasteiger partial charge in [-0.1, -0.05) is 260 Å². The molecule has 1 unspecified atom stereocenters. The predicted octanol–water partition coefficient (Wildman–Crippen LogP) is 20.3. The van der Waals surface area contributed by atoms with Gasteiger partial charge in [-0.2, -0.15) is 0 Å². The van der Waals surface area contributed by atoms with Crippen molar-refractivity contribution in [2.45, 2.75) is 297 Å². The van der Waals surface area contributed by atoms with Crippen LogP contribution >= 0.6 is 0 Å². The third kappa shape index (κ3) is 57.4. The molecule has 6 heteroatoms. The van der Waals surface area contributed by atoms with Gasteiger partial charge < -0.3 is 14.2 Å². The highest BCUT2D eigenvalue weighted by molar-refractivity contribution is 5.71. The highest BCUT2D eigenvalue weighted by atomic mass is 16.6. The van der Waals surface area contributed by atoms with E-state index in [-0.39, 0.29) is 31.1 Å². The second-order valence-electron chi connectivity index (χ2n) is 19.9. The molecule has 0 aliphatic rings. The molecule has 0 aliphatic carbocycles. The predicted molar refractivity (Wildman–Crippen MR) is 307 cm³/mol. The summed E-state index contributed by atoms with van der Waals surface area (Å²) < 4.78 is 16.8. The minimum absolute atomic E-state index is 0.0798. The lowest BCUT2D eigenvalue weighted by molar-refractivity contribution is -0.167. The maximum absolute atomic E-state index is 12.8. The van der Waals surface area contributed by atoms with Gasteiger partial charge in [0.2, 0.25) is 0 Å². The number of hydrogen-bond donors (Lipinski definition) is 0. The Morgan fingerprint density at radius 1 is 0.296 bits per heavy atom. The molecule has 0 aliphatic heterocycles. The van der Waals surface area contributed by atoms with Crippen LogP contribution in [0.25, 0.3) is 0 Å². The number of unbranched alkanes of at least 4 members (excludes halogenated alkanes) is 29. The normalized spacial score (nSPS) is 12.7. The van der Waals surface area contributed by atoms with Crippen molar-refractivity contribution in [1.82, 2.24) is 0 Å². The van der Waals surface area contributed by atoms with Crippen LogP contribution in [0.1, 0.15) is 290 Å². The lowest BCUT2D eigenvalue weighted by Gasteiger charge is -2.18. The monoisotopic (exact) mass is 989 g/mol. The van der Waals surface area contributed by atoms with Crippen molar-refractivity contribution in [2.24, 2.45) is 0 Å². The molecule has 0 radical (unpaired) electrons. The van der Waals surface area contributed by atoms with Crippen LogP contribution in [-0.2, 0) is 28.6 Å². The van der Waals surface area contributed by atoms with Gasteiger partial charge in [0, 0.05) is 19.3 Å². The molecule has 0 aromatic heterocycles. The first-order valence-electron chi connectivity index (χ1n) is 30.1. The van der Waals surface area contributed by atoms with Gasteiger partial charge in [0.05, 0.1) is 0 Å². The Morgan fingerprint density at radius 2 is 0.549 bits per heavy atom. The van der Waals surface area contributed by atoms with Crippen molar-refractivity contribution in [3.8, 4) is 0 Å². The fourth-order valence-corrected chi connectivity index (χ4v) is 8.38. The van der Waals surface area contributed by atoms with Crippen LogP contribution in [0.5, 0.6) is 0 Å². The molecular weight excluding hydrogens is 877 g/mol. The average Bonchev–Trinajstić information content (AvgIpc) is 3.37. The van der Waals surface area contributed by atoms with Crippen LogP contribution < -0.4 is 0 Å². The van der Waals surface area contributed by atoms with Crippen molar-refractivity contribution < 1.29 is 28.6 Å². The molecule has 0 rings (SSSR count). The average molecular weight is 990 g/mol. The topological polar surface area (TPSA) is 78.9 Å². The highest BCUT2D eigenvalue weighted by Crippen LogP contribution is 2.16. The number of carbonyl (C=O) groups excluding carboxylic acids is 3. The van der Waals surface area contributed by atoms with Crippen LogP contribution in [0.15, 0.2) is 85.1 Å². The van der Waals surface area contributed by atoms with Crippen LogP contribution in [0, 0.1) is 0 Å². The second-order valence-corrected chi connectivity index (χ2v) is 19.9. The van der Waals surface area contributed by atoms with Gasteiger partial charge in [-0.25, -0.2) is 0 Å². The van der Waals surface area contributed by atoms with E-state index < -0.39 is 6.10 Å². The van der Waals surface area contributed by atoms with Gasteiger partial charge in [0.1, 0.15) is 13.2 Å². The molecule has 408 valence electrons. The summed E-state index contributed by atoms with van der Waals surface area (Å²) in [4.78, 5) is 37.9. The number of rotatable bonds is 54. The van der Waals surface area contributed by atoms with Crippen LogP contribution in [-0.4, -0.2) is 37.2 Å². The van der Waals surface area contributed by atoms with Gasteiger partial charge in [-0.3, -0.25) is 14.4 Å². The van der Waals surface area contributed by atoms with E-state index in [0.29, 0.717) is 19.3 Å². The van der Waals surface area contributed by atoms with E-state index in [2.05, 4.69) is 106 Å². The molecule has 0 spiro atoms. The number of allylic oxidation sites excluding steroid dienone is 14. The molecule has 0 heterocycles. The zero-order chi connectivity index (χ0) is 51.4. The third-order valence-corrected chi connectivity index (χ3v) is 12.9. The Labute approximate surface area is 439 Å². The summed E-state index contributed by atoms with van der Waals surface area (Å²) in [5.41, 5.74) is 0. The van der Waals surface area contributed by atoms with Crippen LogP contribution in [0.3, 0.4) is 0 Å². The second kappa shape index (κ2) is 59.2. The largest absolute Gasteiger partial charge is 0.462 e. The van der Waals surface area contributed by atoms with Gasteiger partial charge in [-0.15, -0.1) is 0 Å².